The summed E-state index contributed by atoms with van der Waals surface area (Å²) in [4.78, 5) is 0.0715. The van der Waals surface area contributed by atoms with Crippen molar-refractivity contribution < 1.29 is 13.2 Å². The molecule has 0 atom stereocenters. The first-order chi connectivity index (χ1) is 8.95. The molecule has 0 spiro atoms. The van der Waals surface area contributed by atoms with Crippen LogP contribution in [0.25, 0.3) is 0 Å². The number of thiocarbonyl (C=S) groups is 1. The van der Waals surface area contributed by atoms with Crippen LogP contribution in [-0.2, 0) is 0 Å². The zero-order valence-electron chi connectivity index (χ0n) is 9.58. The molecule has 2 aromatic rings. The summed E-state index contributed by atoms with van der Waals surface area (Å²) >= 11 is 4.72. The van der Waals surface area contributed by atoms with E-state index in [1.54, 1.807) is 0 Å². The van der Waals surface area contributed by atoms with Crippen molar-refractivity contribution in [2.45, 2.75) is 0 Å². The lowest BCUT2D eigenvalue weighted by Crippen LogP contribution is -2.09. The summed E-state index contributed by atoms with van der Waals surface area (Å²) in [7, 11) is 0. The van der Waals surface area contributed by atoms with Crippen LogP contribution in [0.15, 0.2) is 36.4 Å². The molecule has 2 aromatic carbocycles. The topological polar surface area (TPSA) is 38.0 Å². The highest BCUT2D eigenvalue weighted by Gasteiger charge is 2.07. The van der Waals surface area contributed by atoms with Crippen molar-refractivity contribution in [3.63, 3.8) is 0 Å². The summed E-state index contributed by atoms with van der Waals surface area (Å²) in [6, 6.07) is 6.92. The van der Waals surface area contributed by atoms with E-state index in [0.29, 0.717) is 5.56 Å². The third kappa shape index (κ3) is 3.23. The summed E-state index contributed by atoms with van der Waals surface area (Å²) in [5, 5.41) is 2.58. The Bertz CT molecular complexity index is 624. The molecule has 0 saturated carbocycles. The molecule has 0 unspecified atom stereocenters. The molecular weight excluding hydrogens is 273 g/mol. The van der Waals surface area contributed by atoms with Gasteiger partial charge in [-0.05, 0) is 30.3 Å². The van der Waals surface area contributed by atoms with E-state index in [1.165, 1.54) is 12.1 Å². The van der Waals surface area contributed by atoms with Crippen LogP contribution in [0.1, 0.15) is 5.56 Å². The first-order valence-electron chi connectivity index (χ1n) is 5.28. The molecular formula is C13H9F3N2S. The van der Waals surface area contributed by atoms with Gasteiger partial charge in [0.25, 0.3) is 0 Å². The number of rotatable bonds is 3. The van der Waals surface area contributed by atoms with E-state index in [1.807, 2.05) is 0 Å². The minimum absolute atomic E-state index is 0.0715. The van der Waals surface area contributed by atoms with Gasteiger partial charge in [-0.2, -0.15) is 0 Å². The second kappa shape index (κ2) is 5.27. The minimum atomic E-state index is -0.748. The van der Waals surface area contributed by atoms with Crippen LogP contribution in [0.2, 0.25) is 0 Å². The summed E-state index contributed by atoms with van der Waals surface area (Å²) < 4.78 is 39.7. The molecule has 0 amide bonds. The number of hydrogen-bond donors (Lipinski definition) is 2. The van der Waals surface area contributed by atoms with Gasteiger partial charge in [-0.25, -0.2) is 13.2 Å². The van der Waals surface area contributed by atoms with Gasteiger partial charge in [0.05, 0.1) is 5.69 Å². The predicted molar refractivity (Wildman–Crippen MR) is 71.9 cm³/mol. The molecule has 0 aliphatic heterocycles. The second-order valence-corrected chi connectivity index (χ2v) is 4.28. The molecule has 0 aliphatic rings. The molecule has 3 N–H and O–H groups in total. The Balaban J connectivity index is 2.30. The largest absolute Gasteiger partial charge is 0.389 e. The zero-order valence-corrected chi connectivity index (χ0v) is 10.4. The third-order valence-electron chi connectivity index (χ3n) is 2.40. The van der Waals surface area contributed by atoms with Gasteiger partial charge in [0.15, 0.2) is 0 Å². The fourth-order valence-electron chi connectivity index (χ4n) is 1.55. The van der Waals surface area contributed by atoms with Gasteiger partial charge in [-0.15, -0.1) is 0 Å². The van der Waals surface area contributed by atoms with Crippen molar-refractivity contribution in [1.29, 1.82) is 0 Å². The highest BCUT2D eigenvalue weighted by molar-refractivity contribution is 7.80. The van der Waals surface area contributed by atoms with Gasteiger partial charge in [0, 0.05) is 17.3 Å². The van der Waals surface area contributed by atoms with Gasteiger partial charge < -0.3 is 11.1 Å². The highest BCUT2D eigenvalue weighted by atomic mass is 32.1. The van der Waals surface area contributed by atoms with Gasteiger partial charge >= 0.3 is 0 Å². The van der Waals surface area contributed by atoms with Crippen LogP contribution in [0, 0.1) is 17.5 Å². The van der Waals surface area contributed by atoms with E-state index in [-0.39, 0.29) is 16.4 Å². The van der Waals surface area contributed by atoms with E-state index >= 15 is 0 Å². The Labute approximate surface area is 113 Å². The second-order valence-electron chi connectivity index (χ2n) is 3.84. The summed E-state index contributed by atoms with van der Waals surface area (Å²) in [5.74, 6) is -2.11. The summed E-state index contributed by atoms with van der Waals surface area (Å²) in [6.07, 6.45) is 0. The maximum absolute atomic E-state index is 13.7. The number of halogens is 3. The van der Waals surface area contributed by atoms with Gasteiger partial charge in [-0.1, -0.05) is 12.2 Å². The molecule has 2 rings (SSSR count). The number of benzene rings is 2. The van der Waals surface area contributed by atoms with Crippen LogP contribution < -0.4 is 11.1 Å². The normalized spacial score (nSPS) is 10.3. The third-order valence-corrected chi connectivity index (χ3v) is 2.63. The first kappa shape index (κ1) is 13.4. The quantitative estimate of drug-likeness (QED) is 0.846. The Morgan fingerprint density at radius 1 is 1.00 bits per heavy atom. The van der Waals surface area contributed by atoms with Crippen molar-refractivity contribution in [2.24, 2.45) is 5.73 Å². The van der Waals surface area contributed by atoms with Crippen LogP contribution in [0.4, 0.5) is 24.5 Å². The molecule has 0 aliphatic carbocycles. The average molecular weight is 282 g/mol. The lowest BCUT2D eigenvalue weighted by Gasteiger charge is -2.09. The van der Waals surface area contributed by atoms with E-state index in [4.69, 9.17) is 18.0 Å². The van der Waals surface area contributed by atoms with Gasteiger partial charge in [0.1, 0.15) is 22.4 Å². The van der Waals surface area contributed by atoms with Crippen LogP contribution in [0.3, 0.4) is 0 Å². The fraction of sp³-hybridized carbons (Fsp3) is 0. The first-order valence-corrected chi connectivity index (χ1v) is 5.69. The average Bonchev–Trinajstić information content (AvgIpc) is 2.30. The molecule has 2 nitrogen and oxygen atoms in total. The molecule has 0 fully saturated rings. The number of hydrogen-bond acceptors (Lipinski definition) is 2. The number of nitrogens with two attached hydrogens (primary N) is 1. The predicted octanol–water partition coefficient (Wildman–Crippen LogP) is 3.48. The Morgan fingerprint density at radius 2 is 1.63 bits per heavy atom. The summed E-state index contributed by atoms with van der Waals surface area (Å²) in [5.41, 5.74) is 5.93. The lowest BCUT2D eigenvalue weighted by molar-refractivity contribution is 0.584. The maximum Gasteiger partial charge on any atom is 0.147 e. The van der Waals surface area contributed by atoms with Crippen molar-refractivity contribution in [3.05, 3.63) is 59.4 Å². The molecule has 0 bridgehead atoms. The fourth-order valence-corrected chi connectivity index (χ4v) is 1.68. The van der Waals surface area contributed by atoms with Crippen molar-refractivity contribution in [2.75, 3.05) is 5.32 Å². The lowest BCUT2D eigenvalue weighted by atomic mass is 10.2. The van der Waals surface area contributed by atoms with Gasteiger partial charge in [-0.3, -0.25) is 0 Å². The highest BCUT2D eigenvalue weighted by Crippen LogP contribution is 2.22. The Kier molecular flexibility index (Phi) is 3.71. The van der Waals surface area contributed by atoms with E-state index in [2.05, 4.69) is 5.32 Å². The van der Waals surface area contributed by atoms with Gasteiger partial charge in [0.2, 0.25) is 0 Å². The van der Waals surface area contributed by atoms with Crippen LogP contribution in [0.5, 0.6) is 0 Å². The number of anilines is 2. The van der Waals surface area contributed by atoms with E-state index in [9.17, 15) is 13.2 Å². The van der Waals surface area contributed by atoms with Crippen molar-refractivity contribution in [1.82, 2.24) is 0 Å². The van der Waals surface area contributed by atoms with Crippen LogP contribution >= 0.6 is 12.2 Å². The SMILES string of the molecule is NC(=S)c1ccc(Nc2cc(F)cc(F)c2)c(F)c1. The molecule has 0 saturated heterocycles. The van der Waals surface area contributed by atoms with Crippen molar-refractivity contribution >= 4 is 28.6 Å². The Morgan fingerprint density at radius 3 is 2.16 bits per heavy atom. The smallest absolute Gasteiger partial charge is 0.147 e. The standard InChI is InChI=1S/C13H9F3N2S/c14-8-4-9(15)6-10(5-8)18-12-2-1-7(13(17)19)3-11(12)16/h1-6,18H,(H2,17,19). The molecule has 19 heavy (non-hydrogen) atoms. The monoisotopic (exact) mass is 282 g/mol. The van der Waals surface area contributed by atoms with Crippen molar-refractivity contribution in [3.8, 4) is 0 Å². The minimum Gasteiger partial charge on any atom is -0.389 e. The maximum atomic E-state index is 13.7. The zero-order chi connectivity index (χ0) is 14.0. The molecule has 0 heterocycles. The molecule has 0 aromatic heterocycles. The van der Waals surface area contributed by atoms with E-state index in [0.717, 1.165) is 24.3 Å². The van der Waals surface area contributed by atoms with Crippen LogP contribution in [-0.4, -0.2) is 4.99 Å². The molecule has 98 valence electrons. The summed E-state index contributed by atoms with van der Waals surface area (Å²) in [6.45, 7) is 0. The molecule has 6 heteroatoms. The Hall–Kier alpha value is -2.08. The van der Waals surface area contributed by atoms with E-state index < -0.39 is 17.5 Å². The number of nitrogens with one attached hydrogen (secondary N) is 1. The molecule has 0 radical (unpaired) electrons.